The quantitative estimate of drug-likeness (QED) is 0.719. The maximum Gasteiger partial charge on any atom is 0.246 e. The number of hydrogen-bond acceptors (Lipinski definition) is 4. The zero-order valence-corrected chi connectivity index (χ0v) is 14.7. The van der Waals surface area contributed by atoms with Crippen LogP contribution in [0.25, 0.3) is 11.4 Å². The van der Waals surface area contributed by atoms with Crippen LogP contribution in [0.3, 0.4) is 0 Å². The number of benzene rings is 2. The molecular formula is C19H21N5O. The van der Waals surface area contributed by atoms with Gasteiger partial charge in [-0.25, -0.2) is 0 Å². The summed E-state index contributed by atoms with van der Waals surface area (Å²) in [6, 6.07) is 16.0. The van der Waals surface area contributed by atoms with Gasteiger partial charge in [0.05, 0.1) is 0 Å². The van der Waals surface area contributed by atoms with Gasteiger partial charge >= 0.3 is 0 Å². The minimum atomic E-state index is -0.0616. The normalized spacial score (nSPS) is 10.7. The summed E-state index contributed by atoms with van der Waals surface area (Å²) < 4.78 is 0. The number of carbonyl (C=O) groups excluding carboxylic acids is 1. The summed E-state index contributed by atoms with van der Waals surface area (Å²) in [4.78, 5) is 15.4. The lowest BCUT2D eigenvalue weighted by Gasteiger charge is -2.16. The van der Waals surface area contributed by atoms with Crippen LogP contribution in [0.1, 0.15) is 16.7 Å². The van der Waals surface area contributed by atoms with Crippen LogP contribution in [-0.2, 0) is 17.9 Å². The Morgan fingerprint density at radius 1 is 1.00 bits per heavy atom. The third kappa shape index (κ3) is 4.29. The molecule has 0 N–H and O–H groups in total. The van der Waals surface area contributed by atoms with Crippen molar-refractivity contribution in [3.8, 4) is 11.4 Å². The summed E-state index contributed by atoms with van der Waals surface area (Å²) in [5, 5.41) is 12.3. The highest BCUT2D eigenvalue weighted by molar-refractivity contribution is 5.75. The summed E-state index contributed by atoms with van der Waals surface area (Å²) in [5.74, 6) is 0.461. The second-order valence-corrected chi connectivity index (χ2v) is 6.24. The van der Waals surface area contributed by atoms with Gasteiger partial charge in [-0.05, 0) is 24.6 Å². The fraction of sp³-hybridized carbons (Fsp3) is 0.263. The van der Waals surface area contributed by atoms with E-state index < -0.39 is 0 Å². The third-order valence-corrected chi connectivity index (χ3v) is 4.01. The van der Waals surface area contributed by atoms with Crippen molar-refractivity contribution in [2.24, 2.45) is 0 Å². The van der Waals surface area contributed by atoms with Crippen molar-refractivity contribution >= 4 is 5.91 Å². The van der Waals surface area contributed by atoms with Crippen LogP contribution >= 0.6 is 0 Å². The molecule has 0 fully saturated rings. The molecule has 3 rings (SSSR count). The molecule has 6 nitrogen and oxygen atoms in total. The van der Waals surface area contributed by atoms with E-state index >= 15 is 0 Å². The molecule has 0 aliphatic rings. The molecular weight excluding hydrogens is 314 g/mol. The highest BCUT2D eigenvalue weighted by Gasteiger charge is 2.13. The number of hydrogen-bond donors (Lipinski definition) is 0. The van der Waals surface area contributed by atoms with Crippen LogP contribution in [0.5, 0.6) is 0 Å². The smallest absolute Gasteiger partial charge is 0.246 e. The maximum atomic E-state index is 12.4. The van der Waals surface area contributed by atoms with Crippen molar-refractivity contribution in [1.82, 2.24) is 25.1 Å². The first-order chi connectivity index (χ1) is 12.0. The largest absolute Gasteiger partial charge is 0.340 e. The number of aromatic nitrogens is 4. The monoisotopic (exact) mass is 335 g/mol. The van der Waals surface area contributed by atoms with Crippen LogP contribution < -0.4 is 0 Å². The Labute approximate surface area is 147 Å². The molecule has 0 atom stereocenters. The molecule has 6 heteroatoms. The molecule has 0 spiro atoms. The number of amides is 1. The number of likely N-dealkylation sites (N-methyl/N-ethyl adjacent to an activating group) is 1. The van der Waals surface area contributed by atoms with E-state index in [1.807, 2.05) is 62.4 Å². The molecule has 0 aliphatic carbocycles. The zero-order chi connectivity index (χ0) is 17.8. The fourth-order valence-electron chi connectivity index (χ4n) is 2.43. The second kappa shape index (κ2) is 7.25. The Bertz CT molecular complexity index is 852. The van der Waals surface area contributed by atoms with E-state index in [1.54, 1.807) is 11.9 Å². The average molecular weight is 335 g/mol. The van der Waals surface area contributed by atoms with E-state index in [9.17, 15) is 4.79 Å². The molecule has 0 bridgehead atoms. The van der Waals surface area contributed by atoms with E-state index in [-0.39, 0.29) is 12.5 Å². The number of nitrogens with zero attached hydrogens (tertiary/aromatic N) is 5. The van der Waals surface area contributed by atoms with Crippen molar-refractivity contribution in [3.05, 3.63) is 65.2 Å². The van der Waals surface area contributed by atoms with Crippen LogP contribution in [-0.4, -0.2) is 38.1 Å². The van der Waals surface area contributed by atoms with E-state index in [0.717, 1.165) is 11.1 Å². The lowest BCUT2D eigenvalue weighted by Crippen LogP contribution is -2.30. The highest BCUT2D eigenvalue weighted by Crippen LogP contribution is 2.14. The fourth-order valence-corrected chi connectivity index (χ4v) is 2.43. The summed E-state index contributed by atoms with van der Waals surface area (Å²) in [5.41, 5.74) is 4.35. The SMILES string of the molecule is Cc1ccc(CN(C)C(=O)Cn2nnc(-c3ccc(C)cc3)n2)cc1. The molecule has 0 saturated heterocycles. The van der Waals surface area contributed by atoms with Gasteiger partial charge in [0.15, 0.2) is 0 Å². The molecule has 128 valence electrons. The Morgan fingerprint density at radius 3 is 2.24 bits per heavy atom. The van der Waals surface area contributed by atoms with Gasteiger partial charge < -0.3 is 4.90 Å². The summed E-state index contributed by atoms with van der Waals surface area (Å²) in [6.45, 7) is 4.69. The van der Waals surface area contributed by atoms with Crippen molar-refractivity contribution in [3.63, 3.8) is 0 Å². The molecule has 0 saturated carbocycles. The highest BCUT2D eigenvalue weighted by atomic mass is 16.2. The summed E-state index contributed by atoms with van der Waals surface area (Å²) >= 11 is 0. The number of carbonyl (C=O) groups is 1. The maximum absolute atomic E-state index is 12.4. The van der Waals surface area contributed by atoms with E-state index in [1.165, 1.54) is 15.9 Å². The lowest BCUT2D eigenvalue weighted by molar-refractivity contribution is -0.131. The van der Waals surface area contributed by atoms with Crippen LogP contribution in [0, 0.1) is 13.8 Å². The number of aryl methyl sites for hydroxylation is 2. The van der Waals surface area contributed by atoms with Gasteiger partial charge in [0.25, 0.3) is 0 Å². The first kappa shape index (κ1) is 16.8. The zero-order valence-electron chi connectivity index (χ0n) is 14.7. The Hall–Kier alpha value is -3.02. The van der Waals surface area contributed by atoms with Crippen LogP contribution in [0.15, 0.2) is 48.5 Å². The average Bonchev–Trinajstić information content (AvgIpc) is 3.06. The molecule has 1 amide bonds. The molecule has 2 aromatic carbocycles. The van der Waals surface area contributed by atoms with Gasteiger partial charge in [-0.1, -0.05) is 59.7 Å². The summed E-state index contributed by atoms with van der Waals surface area (Å²) in [6.07, 6.45) is 0. The van der Waals surface area contributed by atoms with Crippen molar-refractivity contribution in [2.75, 3.05) is 7.05 Å². The van der Waals surface area contributed by atoms with E-state index in [0.29, 0.717) is 12.4 Å². The van der Waals surface area contributed by atoms with Gasteiger partial charge in [-0.3, -0.25) is 4.79 Å². The van der Waals surface area contributed by atoms with Crippen molar-refractivity contribution in [1.29, 1.82) is 0 Å². The number of tetrazole rings is 1. The van der Waals surface area contributed by atoms with Gasteiger partial charge in [-0.15, -0.1) is 10.2 Å². The molecule has 0 aliphatic heterocycles. The Kier molecular flexibility index (Phi) is 4.88. The number of rotatable bonds is 5. The van der Waals surface area contributed by atoms with E-state index in [4.69, 9.17) is 0 Å². The second-order valence-electron chi connectivity index (χ2n) is 6.24. The van der Waals surface area contributed by atoms with Crippen LogP contribution in [0.2, 0.25) is 0 Å². The predicted molar refractivity (Wildman–Crippen MR) is 95.6 cm³/mol. The Balaban J connectivity index is 1.62. The molecule has 1 aromatic heterocycles. The predicted octanol–water partition coefficient (Wildman–Crippen LogP) is 2.62. The minimum Gasteiger partial charge on any atom is -0.340 e. The van der Waals surface area contributed by atoms with Gasteiger partial charge in [0, 0.05) is 19.2 Å². The first-order valence-electron chi connectivity index (χ1n) is 8.15. The van der Waals surface area contributed by atoms with Crippen LogP contribution in [0.4, 0.5) is 0 Å². The first-order valence-corrected chi connectivity index (χ1v) is 8.15. The molecule has 0 radical (unpaired) electrons. The van der Waals surface area contributed by atoms with E-state index in [2.05, 4.69) is 15.4 Å². The van der Waals surface area contributed by atoms with Crippen molar-refractivity contribution in [2.45, 2.75) is 26.9 Å². The topological polar surface area (TPSA) is 63.9 Å². The standard InChI is InChI=1S/C19H21N5O/c1-14-4-8-16(9-5-14)12-23(3)18(25)13-24-21-19(20-22-24)17-10-6-15(2)7-11-17/h4-11H,12-13H2,1-3H3. The molecule has 0 unspecified atom stereocenters. The van der Waals surface area contributed by atoms with Gasteiger partial charge in [0.1, 0.15) is 6.54 Å². The molecule has 25 heavy (non-hydrogen) atoms. The minimum absolute atomic E-state index is 0.0616. The van der Waals surface area contributed by atoms with Gasteiger partial charge in [0.2, 0.25) is 11.7 Å². The third-order valence-electron chi connectivity index (χ3n) is 4.01. The van der Waals surface area contributed by atoms with Gasteiger partial charge in [-0.2, -0.15) is 4.80 Å². The summed E-state index contributed by atoms with van der Waals surface area (Å²) in [7, 11) is 1.78. The molecule has 1 heterocycles. The van der Waals surface area contributed by atoms with Crippen molar-refractivity contribution < 1.29 is 4.79 Å². The molecule has 3 aromatic rings. The lowest BCUT2D eigenvalue weighted by atomic mass is 10.1. The Morgan fingerprint density at radius 2 is 1.60 bits per heavy atom.